The van der Waals surface area contributed by atoms with Gasteiger partial charge in [0.15, 0.2) is 0 Å². The van der Waals surface area contributed by atoms with Crippen LogP contribution in [-0.4, -0.2) is 12.6 Å². The molecule has 0 spiro atoms. The van der Waals surface area contributed by atoms with Gasteiger partial charge < -0.3 is 5.32 Å². The van der Waals surface area contributed by atoms with E-state index in [4.69, 9.17) is 0 Å². The number of nitrogens with one attached hydrogen (secondary N) is 1. The number of likely N-dealkylation sites (N-methyl/N-ethyl adjacent to an activating group) is 1. The molecule has 1 unspecified atom stereocenters. The lowest BCUT2D eigenvalue weighted by Gasteiger charge is -2.22. The fourth-order valence-electron chi connectivity index (χ4n) is 2.51. The minimum absolute atomic E-state index is 0.611. The van der Waals surface area contributed by atoms with Crippen LogP contribution in [0.1, 0.15) is 43.9 Å². The Kier molecular flexibility index (Phi) is 5.70. The van der Waals surface area contributed by atoms with Crippen LogP contribution in [-0.2, 0) is 6.42 Å². The monoisotopic (exact) mass is 233 g/mol. The van der Waals surface area contributed by atoms with E-state index in [1.54, 1.807) is 0 Å². The number of aryl methyl sites for hydroxylation is 2. The molecule has 0 aromatic heterocycles. The van der Waals surface area contributed by atoms with Crippen molar-refractivity contribution in [3.8, 4) is 0 Å². The lowest BCUT2D eigenvalue weighted by atomic mass is 9.92. The summed E-state index contributed by atoms with van der Waals surface area (Å²) >= 11 is 0. The van der Waals surface area contributed by atoms with Crippen molar-refractivity contribution in [2.24, 2.45) is 5.92 Å². The molecule has 0 heterocycles. The molecule has 0 aliphatic rings. The predicted octanol–water partition coefficient (Wildman–Crippen LogP) is 3.87. The molecule has 1 atom stereocenters. The van der Waals surface area contributed by atoms with Gasteiger partial charge in [-0.2, -0.15) is 0 Å². The van der Waals surface area contributed by atoms with E-state index >= 15 is 0 Å². The molecule has 96 valence electrons. The quantitative estimate of drug-likeness (QED) is 0.786. The summed E-state index contributed by atoms with van der Waals surface area (Å²) in [6.45, 7) is 12.3. The van der Waals surface area contributed by atoms with Gasteiger partial charge in [-0.3, -0.25) is 0 Å². The highest BCUT2D eigenvalue weighted by Crippen LogP contribution is 2.18. The SMILES string of the molecule is CCNC(Cc1c(C)cccc1C)CC(C)C. The molecule has 0 aliphatic heterocycles. The molecule has 1 aromatic rings. The van der Waals surface area contributed by atoms with Crippen molar-refractivity contribution in [2.45, 2.75) is 53.5 Å². The Morgan fingerprint density at radius 2 is 1.71 bits per heavy atom. The van der Waals surface area contributed by atoms with E-state index in [1.807, 2.05) is 0 Å². The highest BCUT2D eigenvalue weighted by Gasteiger charge is 2.13. The number of hydrogen-bond donors (Lipinski definition) is 1. The van der Waals surface area contributed by atoms with Crippen LogP contribution in [0.15, 0.2) is 18.2 Å². The minimum Gasteiger partial charge on any atom is -0.314 e. The smallest absolute Gasteiger partial charge is 0.0110 e. The maximum Gasteiger partial charge on any atom is 0.0110 e. The van der Waals surface area contributed by atoms with Crippen LogP contribution in [0.2, 0.25) is 0 Å². The second-order valence-corrected chi connectivity index (χ2v) is 5.46. The Balaban J connectivity index is 2.78. The van der Waals surface area contributed by atoms with E-state index in [-0.39, 0.29) is 0 Å². The molecule has 0 saturated carbocycles. The largest absolute Gasteiger partial charge is 0.314 e. The number of hydrogen-bond acceptors (Lipinski definition) is 1. The summed E-state index contributed by atoms with van der Waals surface area (Å²) in [4.78, 5) is 0. The van der Waals surface area contributed by atoms with Crippen LogP contribution in [0.3, 0.4) is 0 Å². The first-order valence-electron chi connectivity index (χ1n) is 6.83. The van der Waals surface area contributed by atoms with Gasteiger partial charge in [-0.05, 0) is 55.8 Å². The normalized spacial score (nSPS) is 13.1. The molecule has 0 radical (unpaired) electrons. The zero-order valence-electron chi connectivity index (χ0n) is 12.0. The fourth-order valence-corrected chi connectivity index (χ4v) is 2.51. The van der Waals surface area contributed by atoms with E-state index in [9.17, 15) is 0 Å². The van der Waals surface area contributed by atoms with Crippen LogP contribution in [0, 0.1) is 19.8 Å². The molecule has 1 rings (SSSR count). The molecule has 1 aromatic carbocycles. The van der Waals surface area contributed by atoms with Crippen LogP contribution in [0.4, 0.5) is 0 Å². The molecular formula is C16H27N. The lowest BCUT2D eigenvalue weighted by Crippen LogP contribution is -2.32. The molecule has 0 amide bonds. The van der Waals surface area contributed by atoms with Crippen LogP contribution in [0.5, 0.6) is 0 Å². The van der Waals surface area contributed by atoms with Crippen molar-refractivity contribution in [3.63, 3.8) is 0 Å². The summed E-state index contributed by atoms with van der Waals surface area (Å²) in [5, 5.41) is 3.62. The summed E-state index contributed by atoms with van der Waals surface area (Å²) in [7, 11) is 0. The van der Waals surface area contributed by atoms with Crippen molar-refractivity contribution < 1.29 is 0 Å². The Bertz CT molecular complexity index is 321. The number of benzene rings is 1. The van der Waals surface area contributed by atoms with Crippen LogP contribution >= 0.6 is 0 Å². The summed E-state index contributed by atoms with van der Waals surface area (Å²) < 4.78 is 0. The summed E-state index contributed by atoms with van der Waals surface area (Å²) in [6.07, 6.45) is 2.41. The average Bonchev–Trinajstić information content (AvgIpc) is 2.23. The van der Waals surface area contributed by atoms with Crippen molar-refractivity contribution in [1.29, 1.82) is 0 Å². The first kappa shape index (κ1) is 14.2. The topological polar surface area (TPSA) is 12.0 Å². The standard InChI is InChI=1S/C16H27N/c1-6-17-15(10-12(2)3)11-16-13(4)8-7-9-14(16)5/h7-9,12,15,17H,6,10-11H2,1-5H3. The maximum absolute atomic E-state index is 3.62. The lowest BCUT2D eigenvalue weighted by molar-refractivity contribution is 0.423. The highest BCUT2D eigenvalue weighted by atomic mass is 14.9. The Labute approximate surface area is 107 Å². The molecule has 1 heteroatoms. The van der Waals surface area contributed by atoms with Gasteiger partial charge >= 0.3 is 0 Å². The third kappa shape index (κ3) is 4.51. The third-order valence-corrected chi connectivity index (χ3v) is 3.34. The second-order valence-electron chi connectivity index (χ2n) is 5.46. The molecule has 0 bridgehead atoms. The highest BCUT2D eigenvalue weighted by molar-refractivity contribution is 5.34. The van der Waals surface area contributed by atoms with Gasteiger partial charge in [-0.15, -0.1) is 0 Å². The van der Waals surface area contributed by atoms with Crippen molar-refractivity contribution in [2.75, 3.05) is 6.54 Å². The zero-order chi connectivity index (χ0) is 12.8. The molecule has 1 nitrogen and oxygen atoms in total. The molecular weight excluding hydrogens is 206 g/mol. The van der Waals surface area contributed by atoms with E-state index in [0.29, 0.717) is 6.04 Å². The Morgan fingerprint density at radius 3 is 2.18 bits per heavy atom. The van der Waals surface area contributed by atoms with Gasteiger partial charge in [0.05, 0.1) is 0 Å². The molecule has 0 fully saturated rings. The van der Waals surface area contributed by atoms with Crippen LogP contribution < -0.4 is 5.32 Å². The Hall–Kier alpha value is -0.820. The third-order valence-electron chi connectivity index (χ3n) is 3.34. The van der Waals surface area contributed by atoms with Gasteiger partial charge in [0.2, 0.25) is 0 Å². The van der Waals surface area contributed by atoms with Crippen molar-refractivity contribution >= 4 is 0 Å². The molecule has 1 N–H and O–H groups in total. The number of rotatable bonds is 6. The van der Waals surface area contributed by atoms with Gasteiger partial charge in [-0.1, -0.05) is 39.0 Å². The molecule has 0 saturated heterocycles. The first-order chi connectivity index (χ1) is 8.04. The first-order valence-corrected chi connectivity index (χ1v) is 6.83. The van der Waals surface area contributed by atoms with Crippen molar-refractivity contribution in [3.05, 3.63) is 34.9 Å². The summed E-state index contributed by atoms with van der Waals surface area (Å²) in [6, 6.07) is 7.21. The van der Waals surface area contributed by atoms with Gasteiger partial charge in [0, 0.05) is 6.04 Å². The average molecular weight is 233 g/mol. The van der Waals surface area contributed by atoms with Gasteiger partial charge in [0.1, 0.15) is 0 Å². The fraction of sp³-hybridized carbons (Fsp3) is 0.625. The van der Waals surface area contributed by atoms with E-state index in [2.05, 4.69) is 58.1 Å². The second kappa shape index (κ2) is 6.80. The van der Waals surface area contributed by atoms with Crippen molar-refractivity contribution in [1.82, 2.24) is 5.32 Å². The maximum atomic E-state index is 3.62. The van der Waals surface area contributed by atoms with E-state index in [1.165, 1.54) is 23.1 Å². The minimum atomic E-state index is 0.611. The van der Waals surface area contributed by atoms with Gasteiger partial charge in [0.25, 0.3) is 0 Å². The Morgan fingerprint density at radius 1 is 1.12 bits per heavy atom. The predicted molar refractivity (Wildman–Crippen MR) is 76.5 cm³/mol. The summed E-state index contributed by atoms with van der Waals surface area (Å²) in [5.41, 5.74) is 4.38. The van der Waals surface area contributed by atoms with Gasteiger partial charge in [-0.25, -0.2) is 0 Å². The molecule has 17 heavy (non-hydrogen) atoms. The van der Waals surface area contributed by atoms with E-state index in [0.717, 1.165) is 18.9 Å². The zero-order valence-corrected chi connectivity index (χ0v) is 12.0. The van der Waals surface area contributed by atoms with Crippen LogP contribution in [0.25, 0.3) is 0 Å². The summed E-state index contributed by atoms with van der Waals surface area (Å²) in [5.74, 6) is 0.753. The molecule has 0 aliphatic carbocycles. The van der Waals surface area contributed by atoms with E-state index < -0.39 is 0 Å².